The molecule has 0 aliphatic rings. The van der Waals surface area contributed by atoms with Crippen LogP contribution in [-0.4, -0.2) is 24.9 Å². The molecule has 2 rings (SSSR count). The van der Waals surface area contributed by atoms with Crippen molar-refractivity contribution in [2.24, 2.45) is 0 Å². The van der Waals surface area contributed by atoms with Gasteiger partial charge in [-0.15, -0.1) is 0 Å². The Morgan fingerprint density at radius 2 is 2.29 bits per heavy atom. The summed E-state index contributed by atoms with van der Waals surface area (Å²) in [6.45, 7) is 0. The van der Waals surface area contributed by atoms with Crippen molar-refractivity contribution < 1.29 is 9.21 Å². The second kappa shape index (κ2) is 3.18. The van der Waals surface area contributed by atoms with Crippen molar-refractivity contribution in [1.82, 2.24) is 4.90 Å². The van der Waals surface area contributed by atoms with Crippen molar-refractivity contribution in [1.29, 1.82) is 0 Å². The predicted octanol–water partition coefficient (Wildman–Crippen LogP) is 1.93. The third kappa shape index (κ3) is 1.37. The van der Waals surface area contributed by atoms with Gasteiger partial charge in [-0.3, -0.25) is 4.79 Å². The lowest BCUT2D eigenvalue weighted by Gasteiger charge is -2.06. The lowest BCUT2D eigenvalue weighted by Crippen LogP contribution is -2.20. The highest BCUT2D eigenvalue weighted by Gasteiger charge is 2.13. The van der Waals surface area contributed by atoms with Gasteiger partial charge in [0.2, 0.25) is 0 Å². The van der Waals surface area contributed by atoms with E-state index < -0.39 is 0 Å². The molecule has 0 saturated carbocycles. The summed E-state index contributed by atoms with van der Waals surface area (Å²) in [5, 5.41) is 0.901. The minimum absolute atomic E-state index is 0.124. The van der Waals surface area contributed by atoms with E-state index >= 15 is 0 Å². The van der Waals surface area contributed by atoms with E-state index in [-0.39, 0.29) is 5.91 Å². The molecule has 0 aliphatic carbocycles. The molecule has 0 N–H and O–H groups in total. The summed E-state index contributed by atoms with van der Waals surface area (Å²) >= 11 is 0. The maximum absolute atomic E-state index is 11.5. The van der Waals surface area contributed by atoms with Gasteiger partial charge in [0.15, 0.2) is 5.76 Å². The van der Waals surface area contributed by atoms with Crippen LogP contribution in [0.2, 0.25) is 0 Å². The molecule has 0 fully saturated rings. The van der Waals surface area contributed by atoms with E-state index in [1.165, 1.54) is 4.90 Å². The van der Waals surface area contributed by atoms with Gasteiger partial charge in [-0.1, -0.05) is 6.07 Å². The van der Waals surface area contributed by atoms with Crippen LogP contribution in [0.25, 0.3) is 11.0 Å². The van der Waals surface area contributed by atoms with Gasteiger partial charge < -0.3 is 9.32 Å². The average molecular weight is 188 g/mol. The summed E-state index contributed by atoms with van der Waals surface area (Å²) in [6.07, 6.45) is 0. The van der Waals surface area contributed by atoms with Crippen molar-refractivity contribution in [3.63, 3.8) is 0 Å². The van der Waals surface area contributed by atoms with Crippen LogP contribution in [0.4, 0.5) is 0 Å². The van der Waals surface area contributed by atoms with Crippen LogP contribution in [0.1, 0.15) is 10.6 Å². The molecule has 2 aromatic rings. The summed E-state index contributed by atoms with van der Waals surface area (Å²) < 4.78 is 5.38. The first kappa shape index (κ1) is 8.81. The number of nitrogens with zero attached hydrogens (tertiary/aromatic N) is 1. The predicted molar refractivity (Wildman–Crippen MR) is 53.1 cm³/mol. The van der Waals surface area contributed by atoms with Crippen molar-refractivity contribution in [2.75, 3.05) is 14.1 Å². The quantitative estimate of drug-likeness (QED) is 0.685. The Bertz CT molecular complexity index is 438. The van der Waals surface area contributed by atoms with Crippen LogP contribution in [0.3, 0.4) is 0 Å². The molecular weight excluding hydrogens is 178 g/mol. The third-order valence-electron chi connectivity index (χ3n) is 1.98. The largest absolute Gasteiger partial charge is 0.451 e. The molecule has 3 heteroatoms. The van der Waals surface area contributed by atoms with Crippen LogP contribution >= 0.6 is 0 Å². The Labute approximate surface area is 81.9 Å². The number of hydrogen-bond donors (Lipinski definition) is 0. The zero-order chi connectivity index (χ0) is 10.1. The Morgan fingerprint density at radius 3 is 2.93 bits per heavy atom. The Morgan fingerprint density at radius 1 is 1.50 bits per heavy atom. The topological polar surface area (TPSA) is 33.5 Å². The zero-order valence-corrected chi connectivity index (χ0v) is 8.07. The van der Waals surface area contributed by atoms with E-state index in [2.05, 4.69) is 6.07 Å². The number of benzene rings is 1. The van der Waals surface area contributed by atoms with Crippen molar-refractivity contribution in [3.05, 3.63) is 36.1 Å². The molecule has 0 saturated heterocycles. The summed E-state index contributed by atoms with van der Waals surface area (Å²) in [7, 11) is 3.39. The smallest absolute Gasteiger partial charge is 0.289 e. The fourth-order valence-electron chi connectivity index (χ4n) is 1.25. The lowest BCUT2D eigenvalue weighted by molar-refractivity contribution is 0.0799. The Hall–Kier alpha value is -1.77. The highest BCUT2D eigenvalue weighted by molar-refractivity contribution is 5.95. The van der Waals surface area contributed by atoms with Gasteiger partial charge in [0, 0.05) is 19.5 Å². The van der Waals surface area contributed by atoms with Gasteiger partial charge >= 0.3 is 0 Å². The van der Waals surface area contributed by atoms with E-state index in [1.54, 1.807) is 38.4 Å². The average Bonchev–Trinajstić information content (AvgIpc) is 2.59. The van der Waals surface area contributed by atoms with Gasteiger partial charge in [0.05, 0.1) is 0 Å². The Balaban J connectivity index is 2.50. The molecule has 0 spiro atoms. The van der Waals surface area contributed by atoms with Crippen LogP contribution < -0.4 is 0 Å². The number of fused-ring (bicyclic) bond motifs is 1. The van der Waals surface area contributed by atoms with E-state index in [1.807, 2.05) is 0 Å². The maximum atomic E-state index is 11.5. The molecule has 1 radical (unpaired) electrons. The van der Waals surface area contributed by atoms with E-state index in [4.69, 9.17) is 4.42 Å². The maximum Gasteiger partial charge on any atom is 0.289 e. The fourth-order valence-corrected chi connectivity index (χ4v) is 1.25. The van der Waals surface area contributed by atoms with Gasteiger partial charge in [-0.2, -0.15) is 0 Å². The zero-order valence-electron chi connectivity index (χ0n) is 8.07. The molecule has 3 nitrogen and oxygen atoms in total. The summed E-state index contributed by atoms with van der Waals surface area (Å²) in [4.78, 5) is 13.0. The van der Waals surface area contributed by atoms with Crippen molar-refractivity contribution >= 4 is 16.9 Å². The van der Waals surface area contributed by atoms with Gasteiger partial charge in [-0.05, 0) is 24.3 Å². The molecule has 14 heavy (non-hydrogen) atoms. The second-order valence-corrected chi connectivity index (χ2v) is 3.27. The fraction of sp³-hybridized carbons (Fsp3) is 0.182. The minimum atomic E-state index is -0.124. The SMILES string of the molecule is CN(C)C(=O)c1cc2c[c]ccc2o1. The molecule has 1 amide bonds. The normalized spacial score (nSPS) is 10.4. The van der Waals surface area contributed by atoms with Crippen LogP contribution in [0, 0.1) is 6.07 Å². The van der Waals surface area contributed by atoms with Crippen molar-refractivity contribution in [3.8, 4) is 0 Å². The van der Waals surface area contributed by atoms with Crippen LogP contribution in [0.15, 0.2) is 28.7 Å². The molecule has 1 heterocycles. The standard InChI is InChI=1S/C11H10NO2/c1-12(2)11(13)10-7-8-5-3-4-6-9(8)14-10/h4-7H,1-2H3. The summed E-state index contributed by atoms with van der Waals surface area (Å²) in [6, 6.07) is 10.0. The molecule has 1 aromatic carbocycles. The number of rotatable bonds is 1. The summed E-state index contributed by atoms with van der Waals surface area (Å²) in [5.74, 6) is 0.241. The second-order valence-electron chi connectivity index (χ2n) is 3.27. The van der Waals surface area contributed by atoms with Crippen molar-refractivity contribution in [2.45, 2.75) is 0 Å². The first-order valence-electron chi connectivity index (χ1n) is 4.30. The Kier molecular flexibility index (Phi) is 2.00. The summed E-state index contributed by atoms with van der Waals surface area (Å²) in [5.41, 5.74) is 0.717. The number of hydrogen-bond acceptors (Lipinski definition) is 2. The van der Waals surface area contributed by atoms with Gasteiger partial charge in [0.1, 0.15) is 5.58 Å². The number of carbonyl (C=O) groups excluding carboxylic acids is 1. The lowest BCUT2D eigenvalue weighted by atomic mass is 10.2. The molecule has 0 bridgehead atoms. The molecule has 71 valence electrons. The highest BCUT2D eigenvalue weighted by Crippen LogP contribution is 2.19. The van der Waals surface area contributed by atoms with E-state index in [0.717, 1.165) is 5.39 Å². The molecule has 0 aliphatic heterocycles. The van der Waals surface area contributed by atoms with E-state index in [0.29, 0.717) is 11.3 Å². The minimum Gasteiger partial charge on any atom is -0.451 e. The van der Waals surface area contributed by atoms with Crippen LogP contribution in [0.5, 0.6) is 0 Å². The first-order chi connectivity index (χ1) is 6.68. The number of carbonyl (C=O) groups is 1. The van der Waals surface area contributed by atoms with Gasteiger partial charge in [-0.25, -0.2) is 0 Å². The highest BCUT2D eigenvalue weighted by atomic mass is 16.3. The third-order valence-corrected chi connectivity index (χ3v) is 1.98. The number of amides is 1. The molecular formula is C11H10NO2. The van der Waals surface area contributed by atoms with Gasteiger partial charge in [0.25, 0.3) is 5.91 Å². The molecule has 0 atom stereocenters. The molecule has 0 unspecified atom stereocenters. The number of furan rings is 1. The molecule has 1 aromatic heterocycles. The van der Waals surface area contributed by atoms with Crippen LogP contribution in [-0.2, 0) is 0 Å². The first-order valence-corrected chi connectivity index (χ1v) is 4.30. The monoisotopic (exact) mass is 188 g/mol. The van der Waals surface area contributed by atoms with E-state index in [9.17, 15) is 4.79 Å².